The zero-order valence-corrected chi connectivity index (χ0v) is 17.6. The van der Waals surface area contributed by atoms with Gasteiger partial charge in [-0.05, 0) is 46.5 Å². The van der Waals surface area contributed by atoms with E-state index < -0.39 is 0 Å². The fourth-order valence-corrected chi connectivity index (χ4v) is 3.78. The highest BCUT2D eigenvalue weighted by Gasteiger charge is 2.26. The number of hydrogen-bond donors (Lipinski definition) is 0. The summed E-state index contributed by atoms with van der Waals surface area (Å²) in [5, 5.41) is 0. The molecule has 0 saturated carbocycles. The van der Waals surface area contributed by atoms with Crippen molar-refractivity contribution in [3.8, 4) is 22.8 Å². The van der Waals surface area contributed by atoms with E-state index in [1.54, 1.807) is 32.6 Å². The summed E-state index contributed by atoms with van der Waals surface area (Å²) in [5.74, 6) is 1.70. The van der Waals surface area contributed by atoms with Crippen LogP contribution < -0.4 is 9.47 Å². The highest BCUT2D eigenvalue weighted by molar-refractivity contribution is 9.10. The second-order valence-electron chi connectivity index (χ2n) is 6.38. The minimum atomic E-state index is 0.0541. The molecule has 2 heterocycles. The third-order valence-electron chi connectivity index (χ3n) is 4.51. The van der Waals surface area contributed by atoms with Gasteiger partial charge in [0.1, 0.15) is 17.3 Å². The van der Waals surface area contributed by atoms with Crippen LogP contribution in [0.1, 0.15) is 18.4 Å². The third kappa shape index (κ3) is 4.68. The van der Waals surface area contributed by atoms with E-state index in [-0.39, 0.29) is 25.9 Å². The molecule has 28 heavy (non-hydrogen) atoms. The van der Waals surface area contributed by atoms with Crippen molar-refractivity contribution in [3.63, 3.8) is 0 Å². The molecule has 8 heteroatoms. The summed E-state index contributed by atoms with van der Waals surface area (Å²) in [6.45, 7) is 1.71. The summed E-state index contributed by atoms with van der Waals surface area (Å²) >= 11 is 3.61. The van der Waals surface area contributed by atoms with E-state index in [1.165, 1.54) is 0 Å². The van der Waals surface area contributed by atoms with Crippen LogP contribution in [-0.2, 0) is 20.7 Å². The number of furan rings is 1. The molecule has 1 aromatic heterocycles. The predicted molar refractivity (Wildman–Crippen MR) is 106 cm³/mol. The van der Waals surface area contributed by atoms with Crippen molar-refractivity contribution in [3.05, 3.63) is 34.5 Å². The van der Waals surface area contributed by atoms with E-state index in [0.717, 1.165) is 31.5 Å². The van der Waals surface area contributed by atoms with Gasteiger partial charge in [-0.15, -0.1) is 0 Å². The number of likely N-dealkylation sites (tertiary alicyclic amines) is 1. The number of ether oxygens (including phenoxy) is 4. The topological polar surface area (TPSA) is 70.4 Å². The van der Waals surface area contributed by atoms with Crippen LogP contribution in [0.3, 0.4) is 0 Å². The average Bonchev–Trinajstić information content (AvgIpc) is 3.41. The minimum absolute atomic E-state index is 0.0541. The molecule has 1 aromatic carbocycles. The van der Waals surface area contributed by atoms with Crippen molar-refractivity contribution in [1.82, 2.24) is 4.90 Å². The third-order valence-corrected chi connectivity index (χ3v) is 5.38. The SMILES string of the molecule is COCOc1cc(OCOC)c(-c2ccco2)c(CC(=O)N2CCCC2)c1Br. The quantitative estimate of drug-likeness (QED) is 0.537. The molecule has 1 fully saturated rings. The lowest BCUT2D eigenvalue weighted by molar-refractivity contribution is -0.129. The van der Waals surface area contributed by atoms with Crippen molar-refractivity contribution in [2.24, 2.45) is 0 Å². The standard InChI is InChI=1S/C20H24BrNO6/c1-24-12-27-16-11-17(28-13-25-2)20(21)14(19(16)15-6-5-9-26-15)10-18(23)22-7-3-4-8-22/h5-6,9,11H,3-4,7-8,10,12-13H2,1-2H3. The van der Waals surface area contributed by atoms with Gasteiger partial charge in [0, 0.05) is 33.4 Å². The number of carbonyl (C=O) groups excluding carboxylic acids is 1. The summed E-state index contributed by atoms with van der Waals surface area (Å²) in [7, 11) is 3.09. The molecule has 0 unspecified atom stereocenters. The molecule has 0 bridgehead atoms. The van der Waals surface area contributed by atoms with Crippen molar-refractivity contribution in [2.45, 2.75) is 19.3 Å². The smallest absolute Gasteiger partial charge is 0.227 e. The second kappa shape index (κ2) is 9.95. The normalized spacial score (nSPS) is 13.8. The van der Waals surface area contributed by atoms with Gasteiger partial charge in [0.2, 0.25) is 5.91 Å². The van der Waals surface area contributed by atoms with Gasteiger partial charge in [-0.2, -0.15) is 0 Å². The number of benzene rings is 1. The molecule has 2 aromatic rings. The van der Waals surface area contributed by atoms with Crippen LogP contribution in [-0.4, -0.2) is 51.7 Å². The first-order chi connectivity index (χ1) is 13.7. The number of halogens is 1. The Balaban J connectivity index is 2.06. The molecule has 0 N–H and O–H groups in total. The Morgan fingerprint density at radius 3 is 2.43 bits per heavy atom. The predicted octanol–water partition coefficient (Wildman–Crippen LogP) is 3.84. The van der Waals surface area contributed by atoms with Gasteiger partial charge in [-0.25, -0.2) is 0 Å². The number of amides is 1. The van der Waals surface area contributed by atoms with Gasteiger partial charge in [0.15, 0.2) is 13.6 Å². The van der Waals surface area contributed by atoms with Gasteiger partial charge in [0.25, 0.3) is 0 Å². The fraction of sp³-hybridized carbons (Fsp3) is 0.450. The first-order valence-corrected chi connectivity index (χ1v) is 9.85. The van der Waals surface area contributed by atoms with Crippen LogP contribution in [0.5, 0.6) is 11.5 Å². The molecule has 152 valence electrons. The molecule has 3 rings (SSSR count). The average molecular weight is 454 g/mol. The Kier molecular flexibility index (Phi) is 7.36. The largest absolute Gasteiger partial charge is 0.467 e. The molecule has 7 nitrogen and oxygen atoms in total. The zero-order valence-electron chi connectivity index (χ0n) is 16.0. The van der Waals surface area contributed by atoms with E-state index in [2.05, 4.69) is 15.9 Å². The number of nitrogens with zero attached hydrogens (tertiary/aromatic N) is 1. The summed E-state index contributed by atoms with van der Waals surface area (Å²) in [6.07, 6.45) is 3.86. The van der Waals surface area contributed by atoms with Gasteiger partial charge in [-0.3, -0.25) is 4.79 Å². The monoisotopic (exact) mass is 453 g/mol. The van der Waals surface area contributed by atoms with E-state index >= 15 is 0 Å². The van der Waals surface area contributed by atoms with Gasteiger partial charge < -0.3 is 28.3 Å². The maximum Gasteiger partial charge on any atom is 0.227 e. The summed E-state index contributed by atoms with van der Waals surface area (Å²) in [6, 6.07) is 5.37. The highest BCUT2D eigenvalue weighted by Crippen LogP contribution is 2.44. The van der Waals surface area contributed by atoms with E-state index in [1.807, 2.05) is 11.0 Å². The fourth-order valence-electron chi connectivity index (χ4n) is 3.21. The van der Waals surface area contributed by atoms with Crippen LogP contribution in [0, 0.1) is 0 Å². The first-order valence-electron chi connectivity index (χ1n) is 9.06. The molecule has 0 aliphatic carbocycles. The Morgan fingerprint density at radius 2 is 1.82 bits per heavy atom. The van der Waals surface area contributed by atoms with Gasteiger partial charge >= 0.3 is 0 Å². The van der Waals surface area contributed by atoms with Crippen molar-refractivity contribution in [2.75, 3.05) is 40.9 Å². The molecule has 0 atom stereocenters. The molecule has 1 amide bonds. The molecule has 1 aliphatic rings. The van der Waals surface area contributed by atoms with Crippen LogP contribution in [0.4, 0.5) is 0 Å². The molecule has 0 spiro atoms. The summed E-state index contributed by atoms with van der Waals surface area (Å²) in [5.41, 5.74) is 1.44. The molecule has 1 saturated heterocycles. The van der Waals surface area contributed by atoms with Crippen LogP contribution in [0.15, 0.2) is 33.4 Å². The minimum Gasteiger partial charge on any atom is -0.467 e. The molecular formula is C20H24BrNO6. The maximum absolute atomic E-state index is 12.9. The van der Waals surface area contributed by atoms with Crippen molar-refractivity contribution >= 4 is 21.8 Å². The second-order valence-corrected chi connectivity index (χ2v) is 7.18. The van der Waals surface area contributed by atoms with Crippen molar-refractivity contribution in [1.29, 1.82) is 0 Å². The van der Waals surface area contributed by atoms with Crippen LogP contribution >= 0.6 is 15.9 Å². The summed E-state index contributed by atoms with van der Waals surface area (Å²) in [4.78, 5) is 14.8. The lowest BCUT2D eigenvalue weighted by atomic mass is 10.00. The lowest BCUT2D eigenvalue weighted by Crippen LogP contribution is -2.29. The van der Waals surface area contributed by atoms with E-state index in [0.29, 0.717) is 27.3 Å². The van der Waals surface area contributed by atoms with Crippen molar-refractivity contribution < 1.29 is 28.2 Å². The molecule has 1 aliphatic heterocycles. The maximum atomic E-state index is 12.9. The number of carbonyl (C=O) groups is 1. The first kappa shape index (κ1) is 20.7. The van der Waals surface area contributed by atoms with Crippen LogP contribution in [0.2, 0.25) is 0 Å². The van der Waals surface area contributed by atoms with Crippen LogP contribution in [0.25, 0.3) is 11.3 Å². The zero-order chi connectivity index (χ0) is 19.9. The van der Waals surface area contributed by atoms with Gasteiger partial charge in [-0.1, -0.05) is 0 Å². The molecular weight excluding hydrogens is 430 g/mol. The lowest BCUT2D eigenvalue weighted by Gasteiger charge is -2.21. The van der Waals surface area contributed by atoms with E-state index in [4.69, 9.17) is 23.4 Å². The summed E-state index contributed by atoms with van der Waals surface area (Å²) < 4.78 is 27.9. The molecule has 0 radical (unpaired) electrons. The Labute approximate surface area is 172 Å². The Morgan fingerprint density at radius 1 is 1.14 bits per heavy atom. The highest BCUT2D eigenvalue weighted by atomic mass is 79.9. The van der Waals surface area contributed by atoms with Gasteiger partial charge in [0.05, 0.1) is 22.7 Å². The Bertz CT molecular complexity index is 786. The van der Waals surface area contributed by atoms with E-state index in [9.17, 15) is 4.79 Å². The number of hydrogen-bond acceptors (Lipinski definition) is 6. The number of rotatable bonds is 9. The number of methoxy groups -OCH3 is 2. The Hall–Kier alpha value is -2.03.